The zero-order chi connectivity index (χ0) is 14.2. The molecule has 1 aromatic heterocycles. The lowest BCUT2D eigenvalue weighted by molar-refractivity contribution is 0.530. The summed E-state index contributed by atoms with van der Waals surface area (Å²) in [6.45, 7) is 0. The Morgan fingerprint density at radius 3 is 2.55 bits per heavy atom. The largest absolute Gasteiger partial charge is 0.252 e. The van der Waals surface area contributed by atoms with E-state index in [1.165, 1.54) is 6.20 Å². The summed E-state index contributed by atoms with van der Waals surface area (Å²) in [6.07, 6.45) is 3.39. The minimum Gasteiger partial charge on any atom is -0.232 e. The first-order valence-corrected chi connectivity index (χ1v) is 8.92. The number of benzene rings is 1. The van der Waals surface area contributed by atoms with Gasteiger partial charge in [0.2, 0.25) is 0 Å². The third-order valence-electron chi connectivity index (χ3n) is 3.26. The van der Waals surface area contributed by atoms with E-state index in [0.29, 0.717) is 5.92 Å². The van der Waals surface area contributed by atoms with Gasteiger partial charge in [-0.1, -0.05) is 53.3 Å². The molecule has 2 aromatic rings. The van der Waals surface area contributed by atoms with Crippen LogP contribution in [0.1, 0.15) is 24.4 Å². The van der Waals surface area contributed by atoms with Gasteiger partial charge in [0.15, 0.2) is 8.68 Å². The highest BCUT2D eigenvalue weighted by molar-refractivity contribution is 7.91. The third kappa shape index (κ3) is 3.03. The van der Waals surface area contributed by atoms with Crippen molar-refractivity contribution in [3.63, 3.8) is 0 Å². The van der Waals surface area contributed by atoms with Crippen molar-refractivity contribution in [2.24, 2.45) is 5.92 Å². The van der Waals surface area contributed by atoms with Crippen LogP contribution in [-0.4, -0.2) is 13.4 Å². The number of nitrogens with one attached hydrogen (secondary N) is 1. The zero-order valence-electron chi connectivity index (χ0n) is 10.5. The van der Waals surface area contributed by atoms with E-state index < -0.39 is 10.0 Å². The van der Waals surface area contributed by atoms with Gasteiger partial charge < -0.3 is 0 Å². The molecule has 1 atom stereocenters. The lowest BCUT2D eigenvalue weighted by Gasteiger charge is -2.18. The second-order valence-electron chi connectivity index (χ2n) is 4.78. The molecule has 1 unspecified atom stereocenters. The average Bonchev–Trinajstić information content (AvgIpc) is 3.18. The van der Waals surface area contributed by atoms with Crippen LogP contribution in [0, 0.1) is 5.92 Å². The van der Waals surface area contributed by atoms with Crippen molar-refractivity contribution in [3.8, 4) is 0 Å². The van der Waals surface area contributed by atoms with E-state index in [9.17, 15) is 8.42 Å². The highest BCUT2D eigenvalue weighted by Gasteiger charge is 2.35. The molecule has 0 radical (unpaired) electrons. The summed E-state index contributed by atoms with van der Waals surface area (Å²) < 4.78 is 27.9. The van der Waals surface area contributed by atoms with Crippen molar-refractivity contribution in [2.45, 2.75) is 23.1 Å². The van der Waals surface area contributed by atoms with Crippen LogP contribution in [-0.2, 0) is 10.0 Å². The number of nitrogens with zero attached hydrogens (tertiary/aromatic N) is 1. The molecule has 1 saturated carbocycles. The van der Waals surface area contributed by atoms with Gasteiger partial charge in [-0.3, -0.25) is 0 Å². The Hall–Kier alpha value is -0.950. The van der Waals surface area contributed by atoms with Gasteiger partial charge >= 0.3 is 0 Å². The van der Waals surface area contributed by atoms with E-state index in [4.69, 9.17) is 11.6 Å². The van der Waals surface area contributed by atoms with E-state index in [1.54, 1.807) is 0 Å². The first-order chi connectivity index (χ1) is 9.56. The number of sulfonamides is 1. The molecule has 1 aliphatic carbocycles. The molecule has 0 bridgehead atoms. The van der Waals surface area contributed by atoms with Crippen LogP contribution >= 0.6 is 22.9 Å². The van der Waals surface area contributed by atoms with Crippen LogP contribution in [0.15, 0.2) is 40.7 Å². The predicted octanol–water partition coefficient (Wildman–Crippen LogP) is 3.23. The molecule has 106 valence electrons. The number of halogens is 1. The molecule has 0 aliphatic heterocycles. The number of hydrogen-bond acceptors (Lipinski definition) is 4. The van der Waals surface area contributed by atoms with E-state index >= 15 is 0 Å². The Morgan fingerprint density at radius 1 is 1.30 bits per heavy atom. The van der Waals surface area contributed by atoms with Crippen LogP contribution in [0.2, 0.25) is 4.47 Å². The standard InChI is InChI=1S/C13H13ClN2O2S2/c14-13-15-8-11(19-13)20(17,18)16-12(10-6-7-10)9-4-2-1-3-5-9/h1-5,8,10,12,16H,6-7H2. The Morgan fingerprint density at radius 2 is 2.00 bits per heavy atom. The fourth-order valence-electron chi connectivity index (χ4n) is 2.11. The molecule has 1 aliphatic rings. The topological polar surface area (TPSA) is 59.1 Å². The van der Waals surface area contributed by atoms with Crippen LogP contribution in [0.25, 0.3) is 0 Å². The maximum Gasteiger partial charge on any atom is 0.252 e. The summed E-state index contributed by atoms with van der Waals surface area (Å²) in [4.78, 5) is 3.79. The molecule has 7 heteroatoms. The molecular weight excluding hydrogens is 316 g/mol. The smallest absolute Gasteiger partial charge is 0.232 e. The van der Waals surface area contributed by atoms with Gasteiger partial charge in [0.1, 0.15) is 0 Å². The van der Waals surface area contributed by atoms with Gasteiger partial charge in [-0.2, -0.15) is 0 Å². The third-order valence-corrected chi connectivity index (χ3v) is 6.27. The number of thiazole rings is 1. The number of hydrogen-bond donors (Lipinski definition) is 1. The van der Waals surface area contributed by atoms with Gasteiger partial charge in [-0.05, 0) is 24.3 Å². The maximum absolute atomic E-state index is 12.4. The number of aromatic nitrogens is 1. The summed E-state index contributed by atoms with van der Waals surface area (Å²) in [5, 5.41) is 0. The second-order valence-corrected chi connectivity index (χ2v) is 8.33. The van der Waals surface area contributed by atoms with E-state index in [-0.39, 0.29) is 14.7 Å². The maximum atomic E-state index is 12.4. The Labute approximate surface area is 126 Å². The van der Waals surface area contributed by atoms with E-state index in [1.807, 2.05) is 30.3 Å². The zero-order valence-corrected chi connectivity index (χ0v) is 12.9. The highest BCUT2D eigenvalue weighted by atomic mass is 35.5. The molecule has 20 heavy (non-hydrogen) atoms. The summed E-state index contributed by atoms with van der Waals surface area (Å²) in [5.74, 6) is 0.371. The van der Waals surface area contributed by atoms with Crippen molar-refractivity contribution in [3.05, 3.63) is 46.6 Å². The van der Waals surface area contributed by atoms with E-state index in [0.717, 1.165) is 29.7 Å². The molecule has 4 nitrogen and oxygen atoms in total. The van der Waals surface area contributed by atoms with Crippen molar-refractivity contribution >= 4 is 33.0 Å². The van der Waals surface area contributed by atoms with Crippen molar-refractivity contribution in [1.82, 2.24) is 9.71 Å². The van der Waals surface area contributed by atoms with Crippen LogP contribution in [0.4, 0.5) is 0 Å². The molecule has 0 amide bonds. The van der Waals surface area contributed by atoms with Gasteiger partial charge in [0, 0.05) is 6.04 Å². The Bertz CT molecular complexity index is 696. The average molecular weight is 329 g/mol. The SMILES string of the molecule is O=S(=O)(NC(c1ccccc1)C1CC1)c1cnc(Cl)s1. The summed E-state index contributed by atoms with van der Waals surface area (Å²) in [5.41, 5.74) is 0.995. The van der Waals surface area contributed by atoms with Crippen LogP contribution in [0.5, 0.6) is 0 Å². The minimum atomic E-state index is -3.57. The van der Waals surface area contributed by atoms with Crippen LogP contribution < -0.4 is 4.72 Å². The Kier molecular flexibility index (Phi) is 3.81. The molecule has 0 saturated heterocycles. The first kappa shape index (κ1) is 14.0. The lowest BCUT2D eigenvalue weighted by Crippen LogP contribution is -2.29. The quantitative estimate of drug-likeness (QED) is 0.916. The first-order valence-electron chi connectivity index (χ1n) is 6.25. The number of rotatable bonds is 5. The van der Waals surface area contributed by atoms with Crippen LogP contribution in [0.3, 0.4) is 0 Å². The Balaban J connectivity index is 1.87. The lowest BCUT2D eigenvalue weighted by atomic mass is 10.0. The molecule has 3 rings (SSSR count). The molecule has 1 fully saturated rings. The van der Waals surface area contributed by atoms with Gasteiger partial charge in [0.25, 0.3) is 10.0 Å². The minimum absolute atomic E-state index is 0.157. The van der Waals surface area contributed by atoms with Crippen molar-refractivity contribution in [2.75, 3.05) is 0 Å². The molecule has 1 N–H and O–H groups in total. The molecule has 0 spiro atoms. The van der Waals surface area contributed by atoms with E-state index in [2.05, 4.69) is 9.71 Å². The van der Waals surface area contributed by atoms with Crippen molar-refractivity contribution < 1.29 is 8.42 Å². The van der Waals surface area contributed by atoms with Gasteiger partial charge in [-0.15, -0.1) is 0 Å². The molecule has 1 aromatic carbocycles. The fourth-order valence-corrected chi connectivity index (χ4v) is 4.72. The fraction of sp³-hybridized carbons (Fsp3) is 0.308. The second kappa shape index (κ2) is 5.44. The van der Waals surface area contributed by atoms with Gasteiger partial charge in [-0.25, -0.2) is 18.1 Å². The van der Waals surface area contributed by atoms with Crippen molar-refractivity contribution in [1.29, 1.82) is 0 Å². The molecule has 1 heterocycles. The summed E-state index contributed by atoms with van der Waals surface area (Å²) in [7, 11) is -3.57. The normalized spacial score (nSPS) is 17.1. The monoisotopic (exact) mass is 328 g/mol. The summed E-state index contributed by atoms with van der Waals surface area (Å²) >= 11 is 6.68. The predicted molar refractivity (Wildman–Crippen MR) is 79.4 cm³/mol. The molecular formula is C13H13ClN2O2S2. The van der Waals surface area contributed by atoms with Gasteiger partial charge in [0.05, 0.1) is 6.20 Å². The highest BCUT2D eigenvalue weighted by Crippen LogP contribution is 2.42. The summed E-state index contributed by atoms with van der Waals surface area (Å²) in [6, 6.07) is 9.48.